The number of aldehydes is 1. The minimum absolute atomic E-state index is 0.579. The van der Waals surface area contributed by atoms with Crippen molar-refractivity contribution in [1.82, 2.24) is 0 Å². The molecule has 0 N–H and O–H groups in total. The van der Waals surface area contributed by atoms with E-state index in [4.69, 9.17) is 4.43 Å². The molecule has 128 valence electrons. The smallest absolute Gasteiger partial charge is 0.193 e. The van der Waals surface area contributed by atoms with Crippen LogP contribution < -0.4 is 0 Å². The van der Waals surface area contributed by atoms with Gasteiger partial charge in [0.05, 0.1) is 0 Å². The summed E-state index contributed by atoms with van der Waals surface area (Å²) in [4.78, 5) is 12.4. The molecular weight excluding hydrogens is 312 g/mol. The summed E-state index contributed by atoms with van der Waals surface area (Å²) in [6.45, 7) is 6.59. The SMILES string of the molecule is CC[Si](CC)(CC)O[C@](C=O)(Cc1ccccc1)c1ccccc1. The number of carbonyl (C=O) groups excluding carboxylic acids is 1. The first-order chi connectivity index (χ1) is 11.6. The second kappa shape index (κ2) is 8.40. The molecule has 0 fully saturated rings. The van der Waals surface area contributed by atoms with Gasteiger partial charge in [0.25, 0.3) is 0 Å². The normalized spacial score (nSPS) is 14.1. The molecule has 0 bridgehead atoms. The Balaban J connectivity index is 2.49. The average Bonchev–Trinajstić information content (AvgIpc) is 2.67. The molecule has 2 nitrogen and oxygen atoms in total. The lowest BCUT2D eigenvalue weighted by molar-refractivity contribution is -0.123. The van der Waals surface area contributed by atoms with Crippen LogP contribution in [0.5, 0.6) is 0 Å². The molecule has 1 atom stereocenters. The van der Waals surface area contributed by atoms with Crippen molar-refractivity contribution in [1.29, 1.82) is 0 Å². The Hall–Kier alpha value is -1.71. The van der Waals surface area contributed by atoms with Crippen LogP contribution in [0.2, 0.25) is 18.1 Å². The van der Waals surface area contributed by atoms with Crippen LogP contribution in [0.3, 0.4) is 0 Å². The van der Waals surface area contributed by atoms with E-state index in [0.717, 1.165) is 35.5 Å². The second-order valence-electron chi connectivity index (χ2n) is 6.38. The topological polar surface area (TPSA) is 26.3 Å². The van der Waals surface area contributed by atoms with Crippen molar-refractivity contribution in [3.05, 3.63) is 71.8 Å². The molecule has 0 aliphatic heterocycles. The minimum Gasteiger partial charge on any atom is -0.401 e. The van der Waals surface area contributed by atoms with Gasteiger partial charge in [-0.05, 0) is 29.3 Å². The van der Waals surface area contributed by atoms with E-state index in [1.54, 1.807) is 0 Å². The first-order valence-corrected chi connectivity index (χ1v) is 11.4. The molecular formula is C21H28O2Si. The van der Waals surface area contributed by atoms with E-state index in [0.29, 0.717) is 6.42 Å². The van der Waals surface area contributed by atoms with Crippen LogP contribution in [0.15, 0.2) is 60.7 Å². The second-order valence-corrected chi connectivity index (χ2v) is 11.1. The van der Waals surface area contributed by atoms with Gasteiger partial charge in [0, 0.05) is 6.42 Å². The zero-order valence-corrected chi connectivity index (χ0v) is 16.0. The Labute approximate surface area is 147 Å². The molecule has 0 amide bonds. The van der Waals surface area contributed by atoms with Gasteiger partial charge in [-0.1, -0.05) is 81.4 Å². The largest absolute Gasteiger partial charge is 0.401 e. The molecule has 0 aliphatic carbocycles. The van der Waals surface area contributed by atoms with Gasteiger partial charge in [-0.25, -0.2) is 0 Å². The van der Waals surface area contributed by atoms with E-state index in [1.807, 2.05) is 48.5 Å². The monoisotopic (exact) mass is 340 g/mol. The van der Waals surface area contributed by atoms with Crippen molar-refractivity contribution in [2.45, 2.75) is 50.9 Å². The summed E-state index contributed by atoms with van der Waals surface area (Å²) >= 11 is 0. The molecule has 0 unspecified atom stereocenters. The Bertz CT molecular complexity index is 615. The molecule has 0 saturated carbocycles. The summed E-state index contributed by atoms with van der Waals surface area (Å²) < 4.78 is 6.78. The zero-order valence-electron chi connectivity index (χ0n) is 15.0. The highest BCUT2D eigenvalue weighted by Crippen LogP contribution is 2.36. The minimum atomic E-state index is -1.94. The van der Waals surface area contributed by atoms with E-state index in [9.17, 15) is 4.79 Å². The van der Waals surface area contributed by atoms with Crippen molar-refractivity contribution >= 4 is 14.6 Å². The van der Waals surface area contributed by atoms with Gasteiger partial charge in [-0.3, -0.25) is 4.79 Å². The lowest BCUT2D eigenvalue weighted by atomic mass is 9.88. The van der Waals surface area contributed by atoms with Gasteiger partial charge in [0.2, 0.25) is 0 Å². The highest BCUT2D eigenvalue weighted by molar-refractivity contribution is 6.73. The quantitative estimate of drug-likeness (QED) is 0.454. The average molecular weight is 341 g/mol. The summed E-state index contributed by atoms with van der Waals surface area (Å²) in [6, 6.07) is 23.2. The Kier molecular flexibility index (Phi) is 6.52. The van der Waals surface area contributed by atoms with E-state index in [-0.39, 0.29) is 0 Å². The summed E-state index contributed by atoms with van der Waals surface area (Å²) in [5.74, 6) is 0. The Morgan fingerprint density at radius 3 is 1.83 bits per heavy atom. The summed E-state index contributed by atoms with van der Waals surface area (Å²) in [5.41, 5.74) is 1.19. The van der Waals surface area contributed by atoms with Crippen molar-refractivity contribution in [2.24, 2.45) is 0 Å². The van der Waals surface area contributed by atoms with Gasteiger partial charge in [0.1, 0.15) is 5.60 Å². The van der Waals surface area contributed by atoms with Gasteiger partial charge in [-0.2, -0.15) is 0 Å². The zero-order chi connectivity index (χ0) is 17.5. The third-order valence-electron chi connectivity index (χ3n) is 5.09. The highest BCUT2D eigenvalue weighted by Gasteiger charge is 2.42. The van der Waals surface area contributed by atoms with Crippen LogP contribution in [0, 0.1) is 0 Å². The standard InChI is InChI=1S/C21H28O2Si/c1-4-24(5-2,6-3)23-21(18-22,20-15-11-8-12-16-20)17-19-13-9-7-10-14-19/h7-16,18H,4-6,17H2,1-3H3/t21-/m0/s1. The van der Waals surface area contributed by atoms with Gasteiger partial charge in [-0.15, -0.1) is 0 Å². The van der Waals surface area contributed by atoms with E-state index in [2.05, 4.69) is 32.9 Å². The molecule has 0 heterocycles. The molecule has 2 aromatic rings. The maximum absolute atomic E-state index is 12.4. The predicted molar refractivity (Wildman–Crippen MR) is 103 cm³/mol. The number of rotatable bonds is 9. The molecule has 0 radical (unpaired) electrons. The lowest BCUT2D eigenvalue weighted by Gasteiger charge is -2.40. The highest BCUT2D eigenvalue weighted by atomic mass is 28.4. The van der Waals surface area contributed by atoms with Crippen LogP contribution >= 0.6 is 0 Å². The van der Waals surface area contributed by atoms with E-state index >= 15 is 0 Å². The fraction of sp³-hybridized carbons (Fsp3) is 0.381. The van der Waals surface area contributed by atoms with Crippen LogP contribution in [-0.4, -0.2) is 14.6 Å². The maximum Gasteiger partial charge on any atom is 0.193 e. The number of benzene rings is 2. The van der Waals surface area contributed by atoms with Gasteiger partial charge in [0.15, 0.2) is 14.6 Å². The Morgan fingerprint density at radius 1 is 0.875 bits per heavy atom. The van der Waals surface area contributed by atoms with Crippen LogP contribution in [-0.2, 0) is 21.2 Å². The van der Waals surface area contributed by atoms with Crippen LogP contribution in [0.25, 0.3) is 0 Å². The van der Waals surface area contributed by atoms with Crippen molar-refractivity contribution in [3.63, 3.8) is 0 Å². The number of hydrogen-bond donors (Lipinski definition) is 0. The first kappa shape index (κ1) is 18.6. The summed E-state index contributed by atoms with van der Waals surface area (Å²) in [6.07, 6.45) is 1.61. The fourth-order valence-electron chi connectivity index (χ4n) is 3.30. The first-order valence-electron chi connectivity index (χ1n) is 8.89. The van der Waals surface area contributed by atoms with Crippen molar-refractivity contribution < 1.29 is 9.22 Å². The molecule has 0 aliphatic rings. The third-order valence-corrected chi connectivity index (χ3v) is 9.76. The number of carbonyl (C=O) groups is 1. The fourth-order valence-corrected chi connectivity index (χ4v) is 6.25. The predicted octanol–water partition coefficient (Wildman–Crippen LogP) is 5.35. The molecule has 3 heteroatoms. The van der Waals surface area contributed by atoms with E-state index in [1.165, 1.54) is 0 Å². The molecule has 2 rings (SSSR count). The van der Waals surface area contributed by atoms with Gasteiger partial charge >= 0.3 is 0 Å². The number of hydrogen-bond acceptors (Lipinski definition) is 2. The molecule has 24 heavy (non-hydrogen) atoms. The van der Waals surface area contributed by atoms with Crippen LogP contribution in [0.1, 0.15) is 31.9 Å². The Morgan fingerprint density at radius 2 is 1.38 bits per heavy atom. The van der Waals surface area contributed by atoms with E-state index < -0.39 is 13.9 Å². The van der Waals surface area contributed by atoms with Crippen LogP contribution in [0.4, 0.5) is 0 Å². The molecule has 0 aromatic heterocycles. The van der Waals surface area contributed by atoms with Gasteiger partial charge < -0.3 is 4.43 Å². The summed E-state index contributed by atoms with van der Waals surface area (Å²) in [7, 11) is -1.94. The summed E-state index contributed by atoms with van der Waals surface area (Å²) in [5, 5.41) is 0. The van der Waals surface area contributed by atoms with Crippen molar-refractivity contribution in [3.8, 4) is 0 Å². The maximum atomic E-state index is 12.4. The lowest BCUT2D eigenvalue weighted by Crippen LogP contribution is -2.47. The molecule has 0 spiro atoms. The third kappa shape index (κ3) is 4.03. The molecule has 0 saturated heterocycles. The van der Waals surface area contributed by atoms with Crippen molar-refractivity contribution in [2.75, 3.05) is 0 Å². The molecule has 2 aromatic carbocycles.